The van der Waals surface area contributed by atoms with E-state index in [1.807, 2.05) is 0 Å². The number of nitrogens with zero attached hydrogens (tertiary/aromatic N) is 3. The van der Waals surface area contributed by atoms with E-state index in [9.17, 15) is 22.4 Å². The van der Waals surface area contributed by atoms with Crippen molar-refractivity contribution in [2.24, 2.45) is 5.73 Å². The normalized spacial score (nSPS) is 11.5. The third-order valence-corrected chi connectivity index (χ3v) is 2.94. The summed E-state index contributed by atoms with van der Waals surface area (Å²) in [7, 11) is 0. The lowest BCUT2D eigenvalue weighted by Crippen LogP contribution is -2.25. The molecule has 0 radical (unpaired) electrons. The molecule has 3 N–H and O–H groups in total. The number of hydrogen-bond donors (Lipinski definition) is 2. The van der Waals surface area contributed by atoms with Crippen molar-refractivity contribution in [3.63, 3.8) is 0 Å². The highest BCUT2D eigenvalue weighted by Crippen LogP contribution is 2.32. The van der Waals surface area contributed by atoms with Crippen LogP contribution in [0.5, 0.6) is 0 Å². The first-order chi connectivity index (χ1) is 10.8. The number of alkyl halides is 3. The molecule has 0 saturated heterocycles. The number of nitrogens with one attached hydrogen (secondary N) is 1. The number of benzene rings is 1. The number of carbonyl (C=O) groups is 1. The Balaban J connectivity index is 2.10. The van der Waals surface area contributed by atoms with Crippen molar-refractivity contribution >= 4 is 5.91 Å². The third-order valence-electron chi connectivity index (χ3n) is 2.94. The second-order valence-corrected chi connectivity index (χ2v) is 4.64. The summed E-state index contributed by atoms with van der Waals surface area (Å²) >= 11 is 0. The highest BCUT2D eigenvalue weighted by Gasteiger charge is 2.33. The van der Waals surface area contributed by atoms with E-state index in [0.717, 1.165) is 6.07 Å². The fourth-order valence-electron chi connectivity index (χ4n) is 1.90. The molecule has 0 unspecified atom stereocenters. The lowest BCUT2D eigenvalue weighted by atomic mass is 10.1. The Bertz CT molecular complexity index is 698. The molecule has 1 aromatic heterocycles. The van der Waals surface area contributed by atoms with Crippen LogP contribution in [0.3, 0.4) is 0 Å². The molecular weight excluding hydrogens is 318 g/mol. The highest BCUT2D eigenvalue weighted by molar-refractivity contribution is 5.91. The molecule has 1 heterocycles. The second kappa shape index (κ2) is 6.73. The summed E-state index contributed by atoms with van der Waals surface area (Å²) in [6.45, 7) is 0.153. The summed E-state index contributed by atoms with van der Waals surface area (Å²) in [5.41, 5.74) is 3.87. The molecule has 10 heteroatoms. The van der Waals surface area contributed by atoms with Gasteiger partial charge in [0.2, 0.25) is 0 Å². The molecule has 1 amide bonds. The minimum atomic E-state index is -4.64. The lowest BCUT2D eigenvalue weighted by Gasteiger charge is -2.13. The molecule has 1 aromatic carbocycles. The predicted molar refractivity (Wildman–Crippen MR) is 71.6 cm³/mol. The Morgan fingerprint density at radius 3 is 2.74 bits per heavy atom. The van der Waals surface area contributed by atoms with Gasteiger partial charge in [-0.05, 0) is 23.8 Å². The first-order valence-electron chi connectivity index (χ1n) is 6.55. The molecule has 6 nitrogen and oxygen atoms in total. The van der Waals surface area contributed by atoms with Gasteiger partial charge in [-0.3, -0.25) is 9.48 Å². The molecule has 0 bridgehead atoms. The fourth-order valence-corrected chi connectivity index (χ4v) is 1.90. The Kier molecular flexibility index (Phi) is 4.94. The second-order valence-electron chi connectivity index (χ2n) is 4.64. The number of carbonyl (C=O) groups excluding carboxylic acids is 1. The molecule has 23 heavy (non-hydrogen) atoms. The highest BCUT2D eigenvalue weighted by atomic mass is 19.4. The maximum atomic E-state index is 13.2. The van der Waals surface area contributed by atoms with E-state index >= 15 is 0 Å². The van der Waals surface area contributed by atoms with Crippen LogP contribution in [-0.4, -0.2) is 27.4 Å². The quantitative estimate of drug-likeness (QED) is 0.809. The number of rotatable bonds is 5. The lowest BCUT2D eigenvalue weighted by molar-refractivity contribution is -0.138. The van der Waals surface area contributed by atoms with Gasteiger partial charge in [0.05, 0.1) is 18.3 Å². The fraction of sp³-hybridized carbons (Fsp3) is 0.308. The minimum Gasteiger partial charge on any atom is -0.346 e. The molecule has 0 saturated carbocycles. The van der Waals surface area contributed by atoms with E-state index in [1.54, 1.807) is 0 Å². The van der Waals surface area contributed by atoms with Crippen LogP contribution in [0.15, 0.2) is 24.4 Å². The van der Waals surface area contributed by atoms with Crippen molar-refractivity contribution in [1.29, 1.82) is 0 Å². The topological polar surface area (TPSA) is 85.8 Å². The van der Waals surface area contributed by atoms with Crippen molar-refractivity contribution in [3.05, 3.63) is 47.0 Å². The van der Waals surface area contributed by atoms with Gasteiger partial charge in [0.25, 0.3) is 5.91 Å². The van der Waals surface area contributed by atoms with Gasteiger partial charge in [-0.1, -0.05) is 5.21 Å². The van der Waals surface area contributed by atoms with Gasteiger partial charge >= 0.3 is 6.18 Å². The Hall–Kier alpha value is -2.49. The van der Waals surface area contributed by atoms with Crippen LogP contribution >= 0.6 is 0 Å². The zero-order valence-corrected chi connectivity index (χ0v) is 11.8. The number of amides is 1. The average molecular weight is 331 g/mol. The summed E-state index contributed by atoms with van der Waals surface area (Å²) < 4.78 is 53.0. The first kappa shape index (κ1) is 16.9. The molecule has 2 aromatic rings. The summed E-state index contributed by atoms with van der Waals surface area (Å²) in [5.74, 6) is -1.54. The van der Waals surface area contributed by atoms with Crippen molar-refractivity contribution in [2.75, 3.05) is 6.54 Å². The molecular formula is C13H13F4N5O. The largest absolute Gasteiger partial charge is 0.416 e. The van der Waals surface area contributed by atoms with Gasteiger partial charge in [-0.25, -0.2) is 4.39 Å². The molecule has 0 aliphatic carbocycles. The summed E-state index contributed by atoms with van der Waals surface area (Å²) in [5, 5.41) is 9.48. The van der Waals surface area contributed by atoms with Crippen LogP contribution in [0.1, 0.15) is 21.6 Å². The van der Waals surface area contributed by atoms with Crippen molar-refractivity contribution in [2.45, 2.75) is 19.3 Å². The Morgan fingerprint density at radius 2 is 2.09 bits per heavy atom. The summed E-state index contributed by atoms with van der Waals surface area (Å²) in [6.07, 6.45) is -3.32. The maximum absolute atomic E-state index is 13.2. The number of hydrogen-bond acceptors (Lipinski definition) is 4. The van der Waals surface area contributed by atoms with Gasteiger partial charge < -0.3 is 11.1 Å². The zero-order chi connectivity index (χ0) is 17.0. The molecule has 0 aliphatic rings. The molecule has 2 rings (SSSR count). The zero-order valence-electron chi connectivity index (χ0n) is 11.8. The van der Waals surface area contributed by atoms with E-state index in [0.29, 0.717) is 25.2 Å². The van der Waals surface area contributed by atoms with E-state index < -0.39 is 30.0 Å². The van der Waals surface area contributed by atoms with Gasteiger partial charge in [-0.15, -0.1) is 5.10 Å². The van der Waals surface area contributed by atoms with E-state index in [1.165, 1.54) is 10.9 Å². The average Bonchev–Trinajstić information content (AvgIpc) is 2.92. The molecule has 0 spiro atoms. The monoisotopic (exact) mass is 331 g/mol. The van der Waals surface area contributed by atoms with E-state index in [4.69, 9.17) is 5.73 Å². The predicted octanol–water partition coefficient (Wildman–Crippen LogP) is 1.32. The van der Waals surface area contributed by atoms with Crippen molar-refractivity contribution in [1.82, 2.24) is 20.3 Å². The smallest absolute Gasteiger partial charge is 0.346 e. The van der Waals surface area contributed by atoms with Crippen LogP contribution in [0.4, 0.5) is 17.6 Å². The van der Waals surface area contributed by atoms with Gasteiger partial charge in [-0.2, -0.15) is 13.2 Å². The first-order valence-corrected chi connectivity index (χ1v) is 6.55. The Morgan fingerprint density at radius 1 is 1.35 bits per heavy atom. The maximum Gasteiger partial charge on any atom is 0.416 e. The van der Waals surface area contributed by atoms with Crippen LogP contribution in [0.2, 0.25) is 0 Å². The number of nitrogens with two attached hydrogens (primary N) is 1. The van der Waals surface area contributed by atoms with Crippen LogP contribution in [0.25, 0.3) is 0 Å². The SMILES string of the molecule is NCCn1cc(C(=O)NCc2cc(F)ccc2C(F)(F)F)nn1. The Labute approximate surface area is 128 Å². The molecule has 0 aliphatic heterocycles. The number of aromatic nitrogens is 3. The molecule has 124 valence electrons. The van der Waals surface area contributed by atoms with E-state index in [-0.39, 0.29) is 11.3 Å². The molecule has 0 fully saturated rings. The number of halogens is 4. The standard InChI is InChI=1S/C13H13F4N5O/c14-9-1-2-10(13(15,16)17)8(5-9)6-19-12(23)11-7-22(4-3-18)21-20-11/h1-2,5,7H,3-4,6,18H2,(H,19,23). The summed E-state index contributed by atoms with van der Waals surface area (Å²) in [6, 6.07) is 2.08. The third kappa shape index (κ3) is 4.25. The van der Waals surface area contributed by atoms with Crippen LogP contribution < -0.4 is 11.1 Å². The van der Waals surface area contributed by atoms with Crippen LogP contribution in [0, 0.1) is 5.82 Å². The van der Waals surface area contributed by atoms with Crippen molar-refractivity contribution in [3.8, 4) is 0 Å². The van der Waals surface area contributed by atoms with Gasteiger partial charge in [0, 0.05) is 13.1 Å². The minimum absolute atomic E-state index is 0.0663. The van der Waals surface area contributed by atoms with Crippen molar-refractivity contribution < 1.29 is 22.4 Å². The molecule has 0 atom stereocenters. The summed E-state index contributed by atoms with van der Waals surface area (Å²) in [4.78, 5) is 11.8. The van der Waals surface area contributed by atoms with Crippen LogP contribution in [-0.2, 0) is 19.3 Å². The van der Waals surface area contributed by atoms with Gasteiger partial charge in [0.15, 0.2) is 5.69 Å². The van der Waals surface area contributed by atoms with E-state index in [2.05, 4.69) is 15.6 Å². The van der Waals surface area contributed by atoms with Gasteiger partial charge in [0.1, 0.15) is 5.82 Å².